The summed E-state index contributed by atoms with van der Waals surface area (Å²) in [5, 5.41) is 16.3. The molecule has 0 saturated carbocycles. The van der Waals surface area contributed by atoms with Crippen LogP contribution in [0.1, 0.15) is 6.92 Å². The third-order valence-electron chi connectivity index (χ3n) is 3.11. The monoisotopic (exact) mass is 369 g/mol. The van der Waals surface area contributed by atoms with Gasteiger partial charge in [0, 0.05) is 16.8 Å². The lowest BCUT2D eigenvalue weighted by Crippen LogP contribution is -2.40. The number of hydrogen-bond donors (Lipinski definition) is 4. The first-order valence-corrected chi connectivity index (χ1v) is 7.45. The lowest BCUT2D eigenvalue weighted by molar-refractivity contribution is -0.117. The molecule has 2 aromatic rings. The second kappa shape index (κ2) is 7.80. The Hall–Kier alpha value is -2.87. The van der Waals surface area contributed by atoms with Gasteiger partial charge < -0.3 is 21.1 Å². The van der Waals surface area contributed by atoms with Gasteiger partial charge in [-0.25, -0.2) is 13.6 Å². The van der Waals surface area contributed by atoms with Crippen LogP contribution in [0.25, 0.3) is 0 Å². The zero-order chi connectivity index (χ0) is 18.6. The Labute approximate surface area is 146 Å². The van der Waals surface area contributed by atoms with E-state index in [0.29, 0.717) is 5.02 Å². The number of carbonyl (C=O) groups excluding carboxylic acids is 1. The van der Waals surface area contributed by atoms with Gasteiger partial charge in [-0.1, -0.05) is 11.6 Å². The molecular weight excluding hydrogens is 356 g/mol. The fourth-order valence-corrected chi connectivity index (χ4v) is 2.17. The van der Waals surface area contributed by atoms with Crippen LogP contribution in [0.15, 0.2) is 36.4 Å². The highest BCUT2D eigenvalue weighted by atomic mass is 35.5. The molecule has 1 unspecified atom stereocenters. The molecule has 9 heteroatoms. The third-order valence-corrected chi connectivity index (χ3v) is 3.35. The summed E-state index contributed by atoms with van der Waals surface area (Å²) in [6, 6.07) is 6.30. The average Bonchev–Trinajstić information content (AvgIpc) is 2.48. The van der Waals surface area contributed by atoms with Crippen molar-refractivity contribution in [3.8, 4) is 0 Å². The van der Waals surface area contributed by atoms with Crippen LogP contribution in [0.4, 0.5) is 30.6 Å². The number of rotatable bonds is 5. The van der Waals surface area contributed by atoms with E-state index in [1.54, 1.807) is 0 Å². The molecule has 0 bridgehead atoms. The molecule has 4 N–H and O–H groups in total. The number of hydrogen-bond acceptors (Lipinski definition) is 3. The quantitative estimate of drug-likeness (QED) is 0.642. The predicted octanol–water partition coefficient (Wildman–Crippen LogP) is 3.96. The summed E-state index contributed by atoms with van der Waals surface area (Å²) in [6.45, 7) is 1.37. The van der Waals surface area contributed by atoms with E-state index in [1.165, 1.54) is 25.1 Å². The minimum absolute atomic E-state index is 0.118. The Morgan fingerprint density at radius 2 is 1.72 bits per heavy atom. The molecule has 0 aliphatic rings. The Bertz CT molecular complexity index is 797. The van der Waals surface area contributed by atoms with E-state index in [2.05, 4.69) is 10.6 Å². The molecule has 0 fully saturated rings. The van der Waals surface area contributed by atoms with Crippen molar-refractivity contribution >= 4 is 40.7 Å². The highest BCUT2D eigenvalue weighted by Crippen LogP contribution is 2.29. The van der Waals surface area contributed by atoms with Crippen LogP contribution in [0.2, 0.25) is 5.02 Å². The molecule has 0 saturated heterocycles. The maximum absolute atomic E-state index is 13.3. The zero-order valence-corrected chi connectivity index (χ0v) is 13.7. The first-order valence-electron chi connectivity index (χ1n) is 7.07. The van der Waals surface area contributed by atoms with Crippen LogP contribution in [-0.4, -0.2) is 23.1 Å². The summed E-state index contributed by atoms with van der Waals surface area (Å²) in [5.74, 6) is -2.15. The van der Waals surface area contributed by atoms with E-state index in [4.69, 9.17) is 16.7 Å². The number of amides is 2. The summed E-state index contributed by atoms with van der Waals surface area (Å²) < 4.78 is 26.6. The smallest absolute Gasteiger partial charge is 0.405 e. The van der Waals surface area contributed by atoms with Gasteiger partial charge in [0.15, 0.2) is 0 Å². The maximum atomic E-state index is 13.3. The molecule has 0 spiro atoms. The summed E-state index contributed by atoms with van der Waals surface area (Å²) in [6.07, 6.45) is -1.34. The van der Waals surface area contributed by atoms with Gasteiger partial charge in [0.2, 0.25) is 5.91 Å². The van der Waals surface area contributed by atoms with Crippen molar-refractivity contribution in [1.29, 1.82) is 0 Å². The summed E-state index contributed by atoms with van der Waals surface area (Å²) >= 11 is 5.92. The Balaban J connectivity index is 2.25. The van der Waals surface area contributed by atoms with Gasteiger partial charge in [-0.2, -0.15) is 0 Å². The zero-order valence-electron chi connectivity index (χ0n) is 12.9. The molecular formula is C16H14ClF2N3O3. The standard InChI is InChI=1S/C16H14ClF2N3O3/c1-8(20-16(24)25)15(23)22-13-3-2-9(17)4-14(13)21-12-6-10(18)5-11(19)7-12/h2-8,20-21H,1H3,(H,22,23)(H,24,25). The van der Waals surface area contributed by atoms with E-state index in [0.717, 1.165) is 18.2 Å². The van der Waals surface area contributed by atoms with Crippen LogP contribution in [0.5, 0.6) is 0 Å². The minimum atomic E-state index is -1.34. The van der Waals surface area contributed by atoms with E-state index in [-0.39, 0.29) is 17.1 Å². The van der Waals surface area contributed by atoms with E-state index < -0.39 is 29.7 Å². The van der Waals surface area contributed by atoms with Crippen LogP contribution in [0.3, 0.4) is 0 Å². The van der Waals surface area contributed by atoms with Crippen molar-refractivity contribution < 1.29 is 23.5 Å². The summed E-state index contributed by atoms with van der Waals surface area (Å²) in [7, 11) is 0. The van der Waals surface area contributed by atoms with Crippen LogP contribution < -0.4 is 16.0 Å². The second-order valence-corrected chi connectivity index (χ2v) is 5.57. The van der Waals surface area contributed by atoms with Gasteiger partial charge in [0.25, 0.3) is 0 Å². The van der Waals surface area contributed by atoms with Gasteiger partial charge in [0.1, 0.15) is 17.7 Å². The van der Waals surface area contributed by atoms with Gasteiger partial charge in [0.05, 0.1) is 11.4 Å². The number of benzene rings is 2. The van der Waals surface area contributed by atoms with Crippen molar-refractivity contribution in [2.75, 3.05) is 10.6 Å². The van der Waals surface area contributed by atoms with Gasteiger partial charge in [-0.3, -0.25) is 4.79 Å². The van der Waals surface area contributed by atoms with E-state index in [9.17, 15) is 18.4 Å². The van der Waals surface area contributed by atoms with Crippen LogP contribution >= 0.6 is 11.6 Å². The fourth-order valence-electron chi connectivity index (χ4n) is 2.00. The number of nitrogens with one attached hydrogen (secondary N) is 3. The normalized spacial score (nSPS) is 11.5. The minimum Gasteiger partial charge on any atom is -0.465 e. The van der Waals surface area contributed by atoms with Gasteiger partial charge in [-0.15, -0.1) is 0 Å². The second-order valence-electron chi connectivity index (χ2n) is 5.13. The van der Waals surface area contributed by atoms with Crippen molar-refractivity contribution in [1.82, 2.24) is 5.32 Å². The molecule has 0 heterocycles. The Morgan fingerprint density at radius 3 is 2.32 bits per heavy atom. The number of halogens is 3. The molecule has 25 heavy (non-hydrogen) atoms. The van der Waals surface area contributed by atoms with Crippen molar-refractivity contribution in [2.24, 2.45) is 0 Å². The molecule has 0 radical (unpaired) electrons. The number of carbonyl (C=O) groups is 2. The molecule has 0 aromatic heterocycles. The predicted molar refractivity (Wildman–Crippen MR) is 90.3 cm³/mol. The van der Waals surface area contributed by atoms with Crippen molar-refractivity contribution in [3.63, 3.8) is 0 Å². The molecule has 0 aliphatic carbocycles. The molecule has 1 atom stereocenters. The van der Waals surface area contributed by atoms with E-state index >= 15 is 0 Å². The Morgan fingerprint density at radius 1 is 1.08 bits per heavy atom. The number of anilines is 3. The van der Waals surface area contributed by atoms with Crippen LogP contribution in [0, 0.1) is 11.6 Å². The third kappa shape index (κ3) is 5.32. The number of carboxylic acid groups (broad SMARTS) is 1. The molecule has 2 rings (SSSR count). The van der Waals surface area contributed by atoms with Crippen LogP contribution in [-0.2, 0) is 4.79 Å². The maximum Gasteiger partial charge on any atom is 0.405 e. The molecule has 2 amide bonds. The fraction of sp³-hybridized carbons (Fsp3) is 0.125. The largest absolute Gasteiger partial charge is 0.465 e. The lowest BCUT2D eigenvalue weighted by Gasteiger charge is -2.16. The SMILES string of the molecule is CC(NC(=O)O)C(=O)Nc1ccc(Cl)cc1Nc1cc(F)cc(F)c1. The highest BCUT2D eigenvalue weighted by molar-refractivity contribution is 6.31. The van der Waals surface area contributed by atoms with E-state index in [1.807, 2.05) is 5.32 Å². The lowest BCUT2D eigenvalue weighted by atomic mass is 10.2. The summed E-state index contributed by atoms with van der Waals surface area (Å²) in [4.78, 5) is 22.6. The topological polar surface area (TPSA) is 90.5 Å². The summed E-state index contributed by atoms with van der Waals surface area (Å²) in [5.41, 5.74) is 0.665. The molecule has 0 aliphatic heterocycles. The van der Waals surface area contributed by atoms with Gasteiger partial charge >= 0.3 is 6.09 Å². The highest BCUT2D eigenvalue weighted by Gasteiger charge is 2.17. The molecule has 132 valence electrons. The first-order chi connectivity index (χ1) is 11.7. The molecule has 6 nitrogen and oxygen atoms in total. The average molecular weight is 370 g/mol. The molecule has 2 aromatic carbocycles. The van der Waals surface area contributed by atoms with Crippen molar-refractivity contribution in [2.45, 2.75) is 13.0 Å². The van der Waals surface area contributed by atoms with Crippen molar-refractivity contribution in [3.05, 3.63) is 53.1 Å². The Kier molecular flexibility index (Phi) is 5.76. The van der Waals surface area contributed by atoms with Gasteiger partial charge in [-0.05, 0) is 37.3 Å². The first kappa shape index (κ1) is 18.5.